The summed E-state index contributed by atoms with van der Waals surface area (Å²) in [5, 5.41) is 3.61. The van der Waals surface area contributed by atoms with E-state index in [2.05, 4.69) is 40.3 Å². The van der Waals surface area contributed by atoms with E-state index in [1.807, 2.05) is 0 Å². The number of ether oxygens (including phenoxy) is 2. The first kappa shape index (κ1) is 13.3. The summed E-state index contributed by atoms with van der Waals surface area (Å²) in [5.41, 5.74) is 1.52. The van der Waals surface area contributed by atoms with Gasteiger partial charge in [-0.3, -0.25) is 0 Å². The number of fused-ring (bicyclic) bond motifs is 1. The van der Waals surface area contributed by atoms with Gasteiger partial charge in [0, 0.05) is 12.0 Å². The van der Waals surface area contributed by atoms with E-state index in [1.165, 1.54) is 18.4 Å². The predicted molar refractivity (Wildman–Crippen MR) is 79.1 cm³/mol. The molecule has 104 valence electrons. The number of rotatable bonds is 2. The Morgan fingerprint density at radius 2 is 2.11 bits per heavy atom. The van der Waals surface area contributed by atoms with Crippen LogP contribution in [0.1, 0.15) is 31.7 Å². The first-order valence-corrected chi connectivity index (χ1v) is 7.79. The topological polar surface area (TPSA) is 30.5 Å². The van der Waals surface area contributed by atoms with Crippen LogP contribution in [0.5, 0.6) is 11.5 Å². The normalized spacial score (nSPS) is 26.2. The van der Waals surface area contributed by atoms with Gasteiger partial charge in [-0.2, -0.15) is 0 Å². The van der Waals surface area contributed by atoms with Crippen LogP contribution in [0.25, 0.3) is 0 Å². The van der Waals surface area contributed by atoms with Gasteiger partial charge in [-0.25, -0.2) is 0 Å². The van der Waals surface area contributed by atoms with Gasteiger partial charge in [-0.15, -0.1) is 0 Å². The molecule has 2 aliphatic rings. The van der Waals surface area contributed by atoms with E-state index in [4.69, 9.17) is 9.47 Å². The van der Waals surface area contributed by atoms with Crippen LogP contribution in [-0.2, 0) is 6.42 Å². The van der Waals surface area contributed by atoms with Crippen molar-refractivity contribution in [3.63, 3.8) is 0 Å². The molecule has 4 heteroatoms. The van der Waals surface area contributed by atoms with Gasteiger partial charge in [0.05, 0.1) is 17.7 Å². The maximum Gasteiger partial charge on any atom is 0.175 e. The van der Waals surface area contributed by atoms with Crippen LogP contribution < -0.4 is 14.8 Å². The van der Waals surface area contributed by atoms with Gasteiger partial charge in [0.1, 0.15) is 0 Å². The fraction of sp³-hybridized carbons (Fsp3) is 0.600. The molecule has 0 radical (unpaired) electrons. The highest BCUT2D eigenvalue weighted by Gasteiger charge is 2.29. The Hall–Kier alpha value is -0.740. The molecule has 1 N–H and O–H groups in total. The summed E-state index contributed by atoms with van der Waals surface area (Å²) >= 11 is 3.61. The summed E-state index contributed by atoms with van der Waals surface area (Å²) in [6.45, 7) is 4.89. The molecule has 3 rings (SSSR count). The molecule has 19 heavy (non-hydrogen) atoms. The van der Waals surface area contributed by atoms with Crippen LogP contribution in [-0.4, -0.2) is 25.3 Å². The van der Waals surface area contributed by atoms with Crippen molar-refractivity contribution in [1.82, 2.24) is 5.32 Å². The Morgan fingerprint density at radius 1 is 1.26 bits per heavy atom. The monoisotopic (exact) mass is 325 g/mol. The van der Waals surface area contributed by atoms with E-state index in [-0.39, 0.29) is 5.54 Å². The number of nitrogens with one attached hydrogen (secondary N) is 1. The van der Waals surface area contributed by atoms with Gasteiger partial charge in [-0.1, -0.05) is 0 Å². The molecule has 2 aliphatic heterocycles. The Bertz CT molecular complexity index is 469. The highest BCUT2D eigenvalue weighted by molar-refractivity contribution is 9.10. The molecule has 2 heterocycles. The fourth-order valence-corrected chi connectivity index (χ4v) is 3.55. The maximum absolute atomic E-state index is 5.79. The maximum atomic E-state index is 5.79. The molecular formula is C15H20BrNO2. The second kappa shape index (κ2) is 5.33. The van der Waals surface area contributed by atoms with Crippen LogP contribution in [0.15, 0.2) is 16.6 Å². The predicted octanol–water partition coefficient (Wildman–Crippen LogP) is 3.30. The zero-order valence-corrected chi connectivity index (χ0v) is 12.9. The van der Waals surface area contributed by atoms with Gasteiger partial charge in [0.25, 0.3) is 0 Å². The van der Waals surface area contributed by atoms with Crippen molar-refractivity contribution in [2.24, 2.45) is 0 Å². The number of hydrogen-bond donors (Lipinski definition) is 1. The van der Waals surface area contributed by atoms with E-state index in [9.17, 15) is 0 Å². The molecular weight excluding hydrogens is 306 g/mol. The van der Waals surface area contributed by atoms with Gasteiger partial charge >= 0.3 is 0 Å². The van der Waals surface area contributed by atoms with Crippen LogP contribution in [0.2, 0.25) is 0 Å². The standard InChI is InChI=1S/C15H20BrNO2/c1-15(4-2-5-17-15)10-11-8-12(16)14-13(9-11)18-6-3-7-19-14/h8-9,17H,2-7,10H2,1H3. The first-order chi connectivity index (χ1) is 9.16. The molecule has 1 unspecified atom stereocenters. The van der Waals surface area contributed by atoms with Crippen LogP contribution in [0.3, 0.4) is 0 Å². The van der Waals surface area contributed by atoms with E-state index >= 15 is 0 Å². The molecule has 1 fully saturated rings. The van der Waals surface area contributed by atoms with E-state index < -0.39 is 0 Å². The molecule has 0 bridgehead atoms. The van der Waals surface area contributed by atoms with Crippen molar-refractivity contribution >= 4 is 15.9 Å². The van der Waals surface area contributed by atoms with Crippen LogP contribution in [0.4, 0.5) is 0 Å². The third-order valence-corrected chi connectivity index (χ3v) is 4.50. The lowest BCUT2D eigenvalue weighted by Gasteiger charge is -2.25. The molecule has 0 spiro atoms. The van der Waals surface area contributed by atoms with Gasteiger partial charge in [-0.05, 0) is 66.4 Å². The van der Waals surface area contributed by atoms with E-state index in [0.29, 0.717) is 0 Å². The number of halogens is 1. The molecule has 1 aromatic carbocycles. The summed E-state index contributed by atoms with van der Waals surface area (Å²) in [4.78, 5) is 0. The molecule has 0 aliphatic carbocycles. The minimum atomic E-state index is 0.221. The van der Waals surface area contributed by atoms with Gasteiger partial charge in [0.15, 0.2) is 11.5 Å². The molecule has 1 atom stereocenters. The molecule has 0 saturated carbocycles. The Morgan fingerprint density at radius 3 is 2.89 bits per heavy atom. The van der Waals surface area contributed by atoms with Crippen molar-refractivity contribution in [2.75, 3.05) is 19.8 Å². The first-order valence-electron chi connectivity index (χ1n) is 6.99. The number of hydrogen-bond acceptors (Lipinski definition) is 3. The van der Waals surface area contributed by atoms with Crippen molar-refractivity contribution < 1.29 is 9.47 Å². The number of benzene rings is 1. The van der Waals surface area contributed by atoms with Crippen molar-refractivity contribution in [2.45, 2.75) is 38.1 Å². The third-order valence-electron chi connectivity index (χ3n) is 3.91. The van der Waals surface area contributed by atoms with Gasteiger partial charge in [0.2, 0.25) is 0 Å². The zero-order valence-electron chi connectivity index (χ0n) is 11.3. The quantitative estimate of drug-likeness (QED) is 0.905. The summed E-state index contributed by atoms with van der Waals surface area (Å²) in [7, 11) is 0. The highest BCUT2D eigenvalue weighted by Crippen LogP contribution is 2.39. The molecule has 3 nitrogen and oxygen atoms in total. The highest BCUT2D eigenvalue weighted by atomic mass is 79.9. The average molecular weight is 326 g/mol. The van der Waals surface area contributed by atoms with Crippen LogP contribution in [0, 0.1) is 0 Å². The van der Waals surface area contributed by atoms with Crippen molar-refractivity contribution in [3.05, 3.63) is 22.2 Å². The van der Waals surface area contributed by atoms with Crippen LogP contribution >= 0.6 is 15.9 Å². The lowest BCUT2D eigenvalue weighted by molar-refractivity contribution is 0.296. The minimum absolute atomic E-state index is 0.221. The van der Waals surface area contributed by atoms with Crippen molar-refractivity contribution in [3.8, 4) is 11.5 Å². The smallest absolute Gasteiger partial charge is 0.175 e. The minimum Gasteiger partial charge on any atom is -0.490 e. The SMILES string of the molecule is CC1(Cc2cc(Br)c3c(c2)OCCCO3)CCCN1. The van der Waals surface area contributed by atoms with E-state index in [0.717, 1.165) is 48.6 Å². The lowest BCUT2D eigenvalue weighted by atomic mass is 9.91. The summed E-state index contributed by atoms with van der Waals surface area (Å²) in [5.74, 6) is 1.73. The molecule has 0 amide bonds. The summed E-state index contributed by atoms with van der Waals surface area (Å²) in [6.07, 6.45) is 4.47. The summed E-state index contributed by atoms with van der Waals surface area (Å²) in [6, 6.07) is 4.30. The second-order valence-electron chi connectivity index (χ2n) is 5.72. The van der Waals surface area contributed by atoms with E-state index in [1.54, 1.807) is 0 Å². The largest absolute Gasteiger partial charge is 0.490 e. The third kappa shape index (κ3) is 2.90. The summed E-state index contributed by atoms with van der Waals surface area (Å²) < 4.78 is 12.5. The lowest BCUT2D eigenvalue weighted by Crippen LogP contribution is -2.38. The van der Waals surface area contributed by atoms with Gasteiger partial charge < -0.3 is 14.8 Å². The fourth-order valence-electron chi connectivity index (χ4n) is 2.94. The Labute approximate surface area is 122 Å². The molecule has 0 aromatic heterocycles. The average Bonchev–Trinajstić information content (AvgIpc) is 2.64. The second-order valence-corrected chi connectivity index (χ2v) is 6.58. The Kier molecular flexibility index (Phi) is 3.72. The molecule has 1 aromatic rings. The van der Waals surface area contributed by atoms with Crippen molar-refractivity contribution in [1.29, 1.82) is 0 Å². The zero-order chi connectivity index (χ0) is 13.3. The molecule has 1 saturated heterocycles. The Balaban J connectivity index is 1.86.